The first-order valence-corrected chi connectivity index (χ1v) is 5.13. The van der Waals surface area contributed by atoms with Crippen LogP contribution in [0.2, 0.25) is 5.02 Å². The van der Waals surface area contributed by atoms with Crippen molar-refractivity contribution in [2.75, 3.05) is 18.5 Å². The highest BCUT2D eigenvalue weighted by Crippen LogP contribution is 2.37. The minimum absolute atomic E-state index is 0.379. The van der Waals surface area contributed by atoms with Gasteiger partial charge in [-0.1, -0.05) is 25.4 Å². The molecule has 0 fully saturated rings. The Labute approximate surface area is 88.4 Å². The fourth-order valence-electron chi connectivity index (χ4n) is 1.48. The van der Waals surface area contributed by atoms with Crippen molar-refractivity contribution in [3.63, 3.8) is 0 Å². The summed E-state index contributed by atoms with van der Waals surface area (Å²) in [5.74, 6) is 0.995. The van der Waals surface area contributed by atoms with Crippen molar-refractivity contribution in [1.29, 1.82) is 0 Å². The van der Waals surface area contributed by atoms with Gasteiger partial charge in [-0.05, 0) is 11.5 Å². The number of pyridine rings is 1. The summed E-state index contributed by atoms with van der Waals surface area (Å²) in [6.07, 6.45) is 1.79. The molecule has 0 saturated heterocycles. The van der Waals surface area contributed by atoms with E-state index in [9.17, 15) is 0 Å². The molecule has 0 aromatic carbocycles. The summed E-state index contributed by atoms with van der Waals surface area (Å²) in [5, 5.41) is 3.95. The van der Waals surface area contributed by atoms with Crippen LogP contribution in [0.5, 0.6) is 5.88 Å². The quantitative estimate of drug-likeness (QED) is 0.777. The molecule has 4 heteroatoms. The van der Waals surface area contributed by atoms with Gasteiger partial charge in [0.15, 0.2) is 0 Å². The van der Waals surface area contributed by atoms with E-state index < -0.39 is 0 Å². The van der Waals surface area contributed by atoms with E-state index in [0.29, 0.717) is 18.4 Å². The highest BCUT2D eigenvalue weighted by atomic mass is 35.5. The first kappa shape index (κ1) is 9.59. The van der Waals surface area contributed by atoms with Gasteiger partial charge in [-0.3, -0.25) is 0 Å². The molecule has 3 nitrogen and oxygen atoms in total. The van der Waals surface area contributed by atoms with Crippen molar-refractivity contribution in [3.8, 4) is 5.88 Å². The van der Waals surface area contributed by atoms with E-state index in [4.69, 9.17) is 16.3 Å². The van der Waals surface area contributed by atoms with Crippen LogP contribution >= 0.6 is 11.6 Å². The number of halogens is 1. The van der Waals surface area contributed by atoms with Gasteiger partial charge in [0.25, 0.3) is 0 Å². The Morgan fingerprint density at radius 1 is 1.57 bits per heavy atom. The third-order valence-corrected chi connectivity index (χ3v) is 2.68. The monoisotopic (exact) mass is 212 g/mol. The fraction of sp³-hybridized carbons (Fsp3) is 0.500. The molecule has 0 atom stereocenters. The number of anilines is 1. The number of nitrogens with one attached hydrogen (secondary N) is 1. The van der Waals surface area contributed by atoms with E-state index in [-0.39, 0.29) is 0 Å². The van der Waals surface area contributed by atoms with E-state index in [2.05, 4.69) is 24.1 Å². The van der Waals surface area contributed by atoms with E-state index in [0.717, 1.165) is 22.8 Å². The SMILES string of the molecule is CC(C)c1cnc2c(c1Cl)NCCO2. The number of nitrogens with zero attached hydrogens (tertiary/aromatic N) is 1. The fourth-order valence-corrected chi connectivity index (χ4v) is 1.89. The highest BCUT2D eigenvalue weighted by molar-refractivity contribution is 6.34. The summed E-state index contributed by atoms with van der Waals surface area (Å²) in [6, 6.07) is 0. The highest BCUT2D eigenvalue weighted by Gasteiger charge is 2.18. The van der Waals surface area contributed by atoms with Crippen LogP contribution in [0.4, 0.5) is 5.69 Å². The zero-order valence-corrected chi connectivity index (χ0v) is 9.06. The lowest BCUT2D eigenvalue weighted by molar-refractivity contribution is 0.310. The van der Waals surface area contributed by atoms with Gasteiger partial charge in [-0.2, -0.15) is 0 Å². The molecule has 76 valence electrons. The molecule has 0 radical (unpaired) electrons. The minimum atomic E-state index is 0.379. The topological polar surface area (TPSA) is 34.2 Å². The lowest BCUT2D eigenvalue weighted by Gasteiger charge is -2.21. The molecule has 0 spiro atoms. The molecule has 14 heavy (non-hydrogen) atoms. The maximum atomic E-state index is 6.24. The van der Waals surface area contributed by atoms with Gasteiger partial charge in [-0.25, -0.2) is 4.98 Å². The number of fused-ring (bicyclic) bond motifs is 1. The first-order valence-electron chi connectivity index (χ1n) is 4.75. The summed E-state index contributed by atoms with van der Waals surface area (Å²) in [5.41, 5.74) is 1.90. The van der Waals surface area contributed by atoms with Crippen molar-refractivity contribution >= 4 is 17.3 Å². The third-order valence-electron chi connectivity index (χ3n) is 2.27. The van der Waals surface area contributed by atoms with Crippen molar-refractivity contribution < 1.29 is 4.74 Å². The molecular weight excluding hydrogens is 200 g/mol. The summed E-state index contributed by atoms with van der Waals surface area (Å²) >= 11 is 6.24. The summed E-state index contributed by atoms with van der Waals surface area (Å²) in [4.78, 5) is 4.23. The smallest absolute Gasteiger partial charge is 0.239 e. The van der Waals surface area contributed by atoms with Gasteiger partial charge in [0, 0.05) is 12.7 Å². The van der Waals surface area contributed by atoms with E-state index in [1.807, 2.05) is 0 Å². The van der Waals surface area contributed by atoms with Crippen LogP contribution in [0.15, 0.2) is 6.20 Å². The molecule has 0 aliphatic carbocycles. The zero-order valence-electron chi connectivity index (χ0n) is 8.30. The molecule has 0 bridgehead atoms. The van der Waals surface area contributed by atoms with Gasteiger partial charge in [0.2, 0.25) is 5.88 Å². The van der Waals surface area contributed by atoms with Crippen LogP contribution in [0.3, 0.4) is 0 Å². The molecule has 0 amide bonds. The maximum Gasteiger partial charge on any atom is 0.239 e. The second kappa shape index (κ2) is 3.65. The molecule has 2 heterocycles. The van der Waals surface area contributed by atoms with Crippen LogP contribution in [-0.4, -0.2) is 18.1 Å². The largest absolute Gasteiger partial charge is 0.474 e. The molecule has 1 aromatic heterocycles. The number of hydrogen-bond donors (Lipinski definition) is 1. The maximum absolute atomic E-state index is 6.24. The minimum Gasteiger partial charge on any atom is -0.474 e. The van der Waals surface area contributed by atoms with Crippen LogP contribution in [0.25, 0.3) is 0 Å². The van der Waals surface area contributed by atoms with Gasteiger partial charge < -0.3 is 10.1 Å². The Morgan fingerprint density at radius 2 is 2.36 bits per heavy atom. The van der Waals surface area contributed by atoms with Crippen LogP contribution in [-0.2, 0) is 0 Å². The number of hydrogen-bond acceptors (Lipinski definition) is 3. The Bertz CT molecular complexity index is 352. The predicted octanol–water partition coefficient (Wildman–Crippen LogP) is 2.66. The summed E-state index contributed by atoms with van der Waals surface area (Å²) in [7, 11) is 0. The van der Waals surface area contributed by atoms with Gasteiger partial charge in [-0.15, -0.1) is 0 Å². The molecule has 1 N–H and O–H groups in total. The Balaban J connectivity index is 2.49. The molecule has 1 aliphatic heterocycles. The molecule has 1 aliphatic rings. The second-order valence-electron chi connectivity index (χ2n) is 3.64. The number of aromatic nitrogens is 1. The molecule has 2 rings (SSSR count). The lowest BCUT2D eigenvalue weighted by atomic mass is 10.1. The van der Waals surface area contributed by atoms with E-state index in [1.54, 1.807) is 6.20 Å². The molecule has 0 saturated carbocycles. The summed E-state index contributed by atoms with van der Waals surface area (Å²) < 4.78 is 5.38. The van der Waals surface area contributed by atoms with Gasteiger partial charge >= 0.3 is 0 Å². The van der Waals surface area contributed by atoms with E-state index in [1.165, 1.54) is 0 Å². The third kappa shape index (κ3) is 1.52. The average molecular weight is 213 g/mol. The first-order chi connectivity index (χ1) is 6.70. The average Bonchev–Trinajstić information content (AvgIpc) is 2.18. The van der Waals surface area contributed by atoms with E-state index >= 15 is 0 Å². The van der Waals surface area contributed by atoms with Crippen molar-refractivity contribution in [2.45, 2.75) is 19.8 Å². The number of rotatable bonds is 1. The zero-order chi connectivity index (χ0) is 10.1. The van der Waals surface area contributed by atoms with Gasteiger partial charge in [0.1, 0.15) is 12.3 Å². The van der Waals surface area contributed by atoms with Crippen LogP contribution in [0, 0.1) is 0 Å². The van der Waals surface area contributed by atoms with Crippen LogP contribution < -0.4 is 10.1 Å². The second-order valence-corrected chi connectivity index (χ2v) is 4.02. The Hall–Kier alpha value is -0.960. The lowest BCUT2D eigenvalue weighted by Crippen LogP contribution is -2.19. The van der Waals surface area contributed by atoms with Crippen molar-refractivity contribution in [3.05, 3.63) is 16.8 Å². The summed E-state index contributed by atoms with van der Waals surface area (Å²) in [6.45, 7) is 5.63. The van der Waals surface area contributed by atoms with Gasteiger partial charge in [0.05, 0.1) is 5.02 Å². The number of ether oxygens (including phenoxy) is 1. The molecule has 1 aromatic rings. The molecular formula is C10H13ClN2O. The Morgan fingerprint density at radius 3 is 3.07 bits per heavy atom. The normalized spacial score (nSPS) is 14.6. The standard InChI is InChI=1S/C10H13ClN2O/c1-6(2)7-5-13-10-9(8(7)11)12-3-4-14-10/h5-6,12H,3-4H2,1-2H3. The Kier molecular flexibility index (Phi) is 2.50. The van der Waals surface area contributed by atoms with Crippen molar-refractivity contribution in [2.24, 2.45) is 0 Å². The molecule has 0 unspecified atom stereocenters. The predicted molar refractivity (Wildman–Crippen MR) is 57.3 cm³/mol. The van der Waals surface area contributed by atoms with Crippen molar-refractivity contribution in [1.82, 2.24) is 4.98 Å². The van der Waals surface area contributed by atoms with Crippen LogP contribution in [0.1, 0.15) is 25.3 Å².